The summed E-state index contributed by atoms with van der Waals surface area (Å²) in [5.74, 6) is 1.11. The van der Waals surface area contributed by atoms with Gasteiger partial charge in [-0.25, -0.2) is 10.4 Å². The average molecular weight is 296 g/mol. The highest BCUT2D eigenvalue weighted by Gasteiger charge is 2.11. The molecule has 6 nitrogen and oxygen atoms in total. The van der Waals surface area contributed by atoms with Gasteiger partial charge in [0, 0.05) is 7.05 Å². The minimum atomic E-state index is -0.218. The number of carbonyl (C=O) groups excluding carboxylic acids is 1. The molecule has 0 unspecified atom stereocenters. The van der Waals surface area contributed by atoms with Crippen LogP contribution < -0.4 is 5.43 Å². The van der Waals surface area contributed by atoms with Crippen LogP contribution in [0.1, 0.15) is 18.5 Å². The monoisotopic (exact) mass is 296 g/mol. The Morgan fingerprint density at radius 1 is 1.32 bits per heavy atom. The van der Waals surface area contributed by atoms with E-state index in [0.717, 1.165) is 11.0 Å². The van der Waals surface area contributed by atoms with E-state index in [9.17, 15) is 4.79 Å². The molecule has 0 bridgehead atoms. The minimum absolute atomic E-state index is 0.167. The molecule has 112 valence electrons. The number of fused-ring (bicyclic) bond motifs is 1. The number of aryl methyl sites for hydroxylation is 1. The van der Waals surface area contributed by atoms with Crippen molar-refractivity contribution in [2.45, 2.75) is 13.3 Å². The predicted octanol–water partition coefficient (Wildman–Crippen LogP) is 2.25. The lowest BCUT2D eigenvalue weighted by Crippen LogP contribution is -2.22. The number of amides is 1. The molecular formula is C16H16N4O2. The number of para-hydroxylation sites is 2. The van der Waals surface area contributed by atoms with Crippen LogP contribution in [-0.2, 0) is 18.3 Å². The standard InChI is InChI=1S/C16H16N4O2/c1-11(14-8-5-9-22-14)18-19-16(21)10-15-17-12-6-3-4-7-13(12)20(15)2/h3-9H,10H2,1-2H3,(H,19,21)/b18-11+. The fraction of sp³-hybridized carbons (Fsp3) is 0.188. The van der Waals surface area contributed by atoms with Crippen LogP contribution in [0.3, 0.4) is 0 Å². The number of aromatic nitrogens is 2. The van der Waals surface area contributed by atoms with Crippen molar-refractivity contribution in [3.63, 3.8) is 0 Å². The van der Waals surface area contributed by atoms with E-state index in [4.69, 9.17) is 4.42 Å². The first-order valence-electron chi connectivity index (χ1n) is 6.92. The van der Waals surface area contributed by atoms with Gasteiger partial charge in [-0.3, -0.25) is 4.79 Å². The second kappa shape index (κ2) is 5.85. The highest BCUT2D eigenvalue weighted by Crippen LogP contribution is 2.14. The van der Waals surface area contributed by atoms with Crippen molar-refractivity contribution in [1.29, 1.82) is 0 Å². The van der Waals surface area contributed by atoms with E-state index in [2.05, 4.69) is 15.5 Å². The first-order chi connectivity index (χ1) is 10.6. The van der Waals surface area contributed by atoms with Gasteiger partial charge in [0.1, 0.15) is 17.3 Å². The molecule has 1 N–H and O–H groups in total. The van der Waals surface area contributed by atoms with Gasteiger partial charge in [-0.15, -0.1) is 0 Å². The molecule has 0 saturated carbocycles. The molecule has 1 aromatic carbocycles. The van der Waals surface area contributed by atoms with Crippen LogP contribution in [0.2, 0.25) is 0 Å². The number of nitrogens with zero attached hydrogens (tertiary/aromatic N) is 3. The van der Waals surface area contributed by atoms with Crippen molar-refractivity contribution < 1.29 is 9.21 Å². The number of hydrogen-bond acceptors (Lipinski definition) is 4. The number of carbonyl (C=O) groups is 1. The number of rotatable bonds is 4. The first kappa shape index (κ1) is 14.1. The summed E-state index contributed by atoms with van der Waals surface area (Å²) in [5, 5.41) is 4.03. The molecule has 2 aromatic heterocycles. The Morgan fingerprint density at radius 2 is 2.14 bits per heavy atom. The summed E-state index contributed by atoms with van der Waals surface area (Å²) in [6.45, 7) is 1.77. The Labute approximate surface area is 127 Å². The van der Waals surface area contributed by atoms with Crippen molar-refractivity contribution >= 4 is 22.7 Å². The number of nitrogens with one attached hydrogen (secondary N) is 1. The lowest BCUT2D eigenvalue weighted by Gasteiger charge is -2.02. The summed E-state index contributed by atoms with van der Waals surface area (Å²) in [7, 11) is 1.90. The molecule has 0 aliphatic carbocycles. The topological polar surface area (TPSA) is 72.4 Å². The highest BCUT2D eigenvalue weighted by molar-refractivity contribution is 5.96. The first-order valence-corrected chi connectivity index (χ1v) is 6.92. The number of benzene rings is 1. The smallest absolute Gasteiger partial charge is 0.247 e. The molecule has 3 rings (SSSR count). The molecule has 1 amide bonds. The molecule has 0 aliphatic rings. The number of imidazole rings is 1. The molecule has 6 heteroatoms. The van der Waals surface area contributed by atoms with Crippen molar-refractivity contribution in [2.24, 2.45) is 12.1 Å². The second-order valence-corrected chi connectivity index (χ2v) is 4.96. The van der Waals surface area contributed by atoms with Crippen molar-refractivity contribution in [1.82, 2.24) is 15.0 Å². The zero-order valence-electron chi connectivity index (χ0n) is 12.4. The maximum Gasteiger partial charge on any atom is 0.247 e. The molecule has 0 aliphatic heterocycles. The minimum Gasteiger partial charge on any atom is -0.463 e. The molecule has 0 spiro atoms. The van der Waals surface area contributed by atoms with E-state index >= 15 is 0 Å². The van der Waals surface area contributed by atoms with Gasteiger partial charge in [0.25, 0.3) is 0 Å². The number of furan rings is 1. The molecule has 0 fully saturated rings. The van der Waals surface area contributed by atoms with Crippen molar-refractivity contribution in [2.75, 3.05) is 0 Å². The average Bonchev–Trinajstić information content (AvgIpc) is 3.15. The molecule has 3 aromatic rings. The highest BCUT2D eigenvalue weighted by atomic mass is 16.3. The molecule has 0 radical (unpaired) electrons. The van der Waals surface area contributed by atoms with Crippen LogP contribution >= 0.6 is 0 Å². The zero-order valence-corrected chi connectivity index (χ0v) is 12.4. The third-order valence-electron chi connectivity index (χ3n) is 3.42. The summed E-state index contributed by atoms with van der Waals surface area (Å²) in [6, 6.07) is 11.3. The fourth-order valence-corrected chi connectivity index (χ4v) is 2.22. The summed E-state index contributed by atoms with van der Waals surface area (Å²) < 4.78 is 7.12. The molecule has 0 saturated heterocycles. The van der Waals surface area contributed by atoms with Crippen LogP contribution in [0, 0.1) is 0 Å². The van der Waals surface area contributed by atoms with Crippen LogP contribution in [0.4, 0.5) is 0 Å². The molecule has 2 heterocycles. The number of hydrazone groups is 1. The van der Waals surface area contributed by atoms with Gasteiger partial charge < -0.3 is 8.98 Å². The van der Waals surface area contributed by atoms with Gasteiger partial charge in [-0.1, -0.05) is 12.1 Å². The predicted molar refractivity (Wildman–Crippen MR) is 83.5 cm³/mol. The fourth-order valence-electron chi connectivity index (χ4n) is 2.22. The Balaban J connectivity index is 1.71. The van der Waals surface area contributed by atoms with Gasteiger partial charge in [-0.05, 0) is 31.2 Å². The van der Waals surface area contributed by atoms with Crippen molar-refractivity contribution in [3.8, 4) is 0 Å². The summed E-state index contributed by atoms with van der Waals surface area (Å²) in [5.41, 5.74) is 5.02. The Kier molecular flexibility index (Phi) is 3.74. The SMILES string of the molecule is C/C(=N\NC(=O)Cc1nc2ccccc2n1C)c1ccco1. The van der Waals surface area contributed by atoms with Crippen LogP contribution in [0.5, 0.6) is 0 Å². The molecular weight excluding hydrogens is 280 g/mol. The van der Waals surface area contributed by atoms with E-state index in [1.54, 1.807) is 25.3 Å². The Hall–Kier alpha value is -2.89. The second-order valence-electron chi connectivity index (χ2n) is 4.96. The largest absolute Gasteiger partial charge is 0.463 e. The third-order valence-corrected chi connectivity index (χ3v) is 3.42. The van der Waals surface area contributed by atoms with E-state index in [0.29, 0.717) is 17.3 Å². The normalized spacial score (nSPS) is 11.8. The maximum absolute atomic E-state index is 12.0. The van der Waals surface area contributed by atoms with Gasteiger partial charge in [0.15, 0.2) is 0 Å². The van der Waals surface area contributed by atoms with Gasteiger partial charge >= 0.3 is 0 Å². The van der Waals surface area contributed by atoms with Crippen molar-refractivity contribution in [3.05, 3.63) is 54.2 Å². The van der Waals surface area contributed by atoms with Crippen LogP contribution in [-0.4, -0.2) is 21.2 Å². The summed E-state index contributed by atoms with van der Waals surface area (Å²) in [4.78, 5) is 16.5. The quantitative estimate of drug-likeness (QED) is 0.593. The van der Waals surface area contributed by atoms with Gasteiger partial charge in [-0.2, -0.15) is 5.10 Å². The van der Waals surface area contributed by atoms with Crippen LogP contribution in [0.15, 0.2) is 52.2 Å². The Morgan fingerprint density at radius 3 is 2.86 bits per heavy atom. The lowest BCUT2D eigenvalue weighted by molar-refractivity contribution is -0.120. The van der Waals surface area contributed by atoms with E-state index < -0.39 is 0 Å². The molecule has 0 atom stereocenters. The van der Waals surface area contributed by atoms with E-state index in [-0.39, 0.29) is 12.3 Å². The zero-order chi connectivity index (χ0) is 15.5. The van der Waals surface area contributed by atoms with Gasteiger partial charge in [0.05, 0.1) is 23.7 Å². The molecule has 22 heavy (non-hydrogen) atoms. The van der Waals surface area contributed by atoms with Gasteiger partial charge in [0.2, 0.25) is 5.91 Å². The summed E-state index contributed by atoms with van der Waals surface area (Å²) in [6.07, 6.45) is 1.73. The lowest BCUT2D eigenvalue weighted by atomic mass is 10.3. The van der Waals surface area contributed by atoms with E-state index in [1.165, 1.54) is 0 Å². The third kappa shape index (κ3) is 2.76. The summed E-state index contributed by atoms with van der Waals surface area (Å²) >= 11 is 0. The van der Waals surface area contributed by atoms with E-state index in [1.807, 2.05) is 35.9 Å². The number of hydrogen-bond donors (Lipinski definition) is 1. The Bertz CT molecular complexity index is 831. The van der Waals surface area contributed by atoms with Crippen LogP contribution in [0.25, 0.3) is 11.0 Å². The maximum atomic E-state index is 12.0.